The second kappa shape index (κ2) is 11.1. The summed E-state index contributed by atoms with van der Waals surface area (Å²) in [5.74, 6) is 1.83. The van der Waals surface area contributed by atoms with E-state index in [1.165, 1.54) is 19.2 Å². The van der Waals surface area contributed by atoms with Gasteiger partial charge in [0.15, 0.2) is 0 Å². The second-order valence-electron chi connectivity index (χ2n) is 11.4. The lowest BCUT2D eigenvalue weighted by Gasteiger charge is -2.30. The highest BCUT2D eigenvalue weighted by Crippen LogP contribution is 2.38. The van der Waals surface area contributed by atoms with Crippen molar-refractivity contribution < 1.29 is 23.8 Å². The summed E-state index contributed by atoms with van der Waals surface area (Å²) in [6.45, 7) is 6.20. The van der Waals surface area contributed by atoms with Crippen molar-refractivity contribution in [1.82, 2.24) is 25.6 Å². The molecule has 3 aromatic rings. The maximum atomic E-state index is 13.3. The third-order valence-corrected chi connectivity index (χ3v) is 7.10. The summed E-state index contributed by atoms with van der Waals surface area (Å²) >= 11 is 0. The summed E-state index contributed by atoms with van der Waals surface area (Å²) in [7, 11) is 1.62. The van der Waals surface area contributed by atoms with Crippen molar-refractivity contribution in [2.24, 2.45) is 5.92 Å². The fraction of sp³-hybridized carbons (Fsp3) is 0.517. The molecular weight excluding hydrogens is 498 g/mol. The fourth-order valence-electron chi connectivity index (χ4n) is 4.88. The number of hydrogen-bond donors (Lipinski definition) is 3. The van der Waals surface area contributed by atoms with Crippen LogP contribution in [-0.4, -0.2) is 58.4 Å². The Balaban J connectivity index is 1.27. The largest absolute Gasteiger partial charge is 0.497 e. The van der Waals surface area contributed by atoms with Crippen molar-refractivity contribution in [1.29, 1.82) is 0 Å². The monoisotopic (exact) mass is 535 g/mol. The number of benzene rings is 1. The van der Waals surface area contributed by atoms with Crippen LogP contribution < -0.4 is 20.1 Å². The molecule has 2 fully saturated rings. The number of methoxy groups -OCH3 is 1. The molecule has 0 saturated heterocycles. The Morgan fingerprint density at radius 2 is 1.74 bits per heavy atom. The number of amides is 2. The van der Waals surface area contributed by atoms with Crippen molar-refractivity contribution in [2.75, 3.05) is 13.7 Å². The number of rotatable bonds is 8. The molecule has 0 spiro atoms. The Bertz CT molecular complexity index is 1340. The van der Waals surface area contributed by atoms with Gasteiger partial charge >= 0.3 is 6.09 Å². The lowest BCUT2D eigenvalue weighted by atomic mass is 9.91. The summed E-state index contributed by atoms with van der Waals surface area (Å²) in [5, 5.41) is 6.09. The number of nitrogens with one attached hydrogen (secondary N) is 3. The van der Waals surface area contributed by atoms with E-state index in [0.717, 1.165) is 37.0 Å². The van der Waals surface area contributed by atoms with Crippen LogP contribution in [0.1, 0.15) is 69.7 Å². The molecular formula is C29H37N5O5. The van der Waals surface area contributed by atoms with Crippen molar-refractivity contribution >= 4 is 23.0 Å². The van der Waals surface area contributed by atoms with Gasteiger partial charge in [-0.05, 0) is 83.4 Å². The van der Waals surface area contributed by atoms with E-state index in [9.17, 15) is 9.59 Å². The van der Waals surface area contributed by atoms with Crippen LogP contribution in [0.2, 0.25) is 0 Å². The molecule has 2 aliphatic rings. The van der Waals surface area contributed by atoms with Crippen LogP contribution in [0.5, 0.6) is 11.5 Å². The average Bonchev–Trinajstić information content (AvgIpc) is 3.63. The second-order valence-corrected chi connectivity index (χ2v) is 11.4. The number of carbonyl (C=O) groups is 2. The topological polar surface area (TPSA) is 127 Å². The van der Waals surface area contributed by atoms with E-state index in [1.807, 2.05) is 39.0 Å². The van der Waals surface area contributed by atoms with Crippen LogP contribution in [0.4, 0.5) is 4.79 Å². The highest BCUT2D eigenvalue weighted by atomic mass is 16.6. The summed E-state index contributed by atoms with van der Waals surface area (Å²) in [6, 6.07) is 5.72. The van der Waals surface area contributed by atoms with Gasteiger partial charge in [-0.3, -0.25) is 4.79 Å². The molecule has 39 heavy (non-hydrogen) atoms. The van der Waals surface area contributed by atoms with E-state index in [0.29, 0.717) is 40.6 Å². The van der Waals surface area contributed by atoms with Crippen LogP contribution in [0.3, 0.4) is 0 Å². The molecule has 2 aromatic heterocycles. The SMILES string of the molecule is COc1ccc(OCC2CC2)c(-c2ncnc3c(C(=O)N[C@H]4CC[C@@H](NC(=O)OC(C)(C)C)CC4)c[nH]c23)c1. The van der Waals surface area contributed by atoms with Crippen molar-refractivity contribution in [3.05, 3.63) is 36.3 Å². The molecule has 10 nitrogen and oxygen atoms in total. The minimum atomic E-state index is -0.532. The Morgan fingerprint density at radius 1 is 1.03 bits per heavy atom. The summed E-state index contributed by atoms with van der Waals surface area (Å²) < 4.78 is 16.9. The van der Waals surface area contributed by atoms with E-state index in [-0.39, 0.29) is 18.0 Å². The van der Waals surface area contributed by atoms with Crippen LogP contribution in [0, 0.1) is 5.92 Å². The number of ether oxygens (including phenoxy) is 3. The molecule has 2 aliphatic carbocycles. The van der Waals surface area contributed by atoms with Crippen LogP contribution in [0.15, 0.2) is 30.7 Å². The Labute approximate surface area is 228 Å². The van der Waals surface area contributed by atoms with Crippen LogP contribution in [-0.2, 0) is 4.74 Å². The maximum absolute atomic E-state index is 13.3. The first-order valence-corrected chi connectivity index (χ1v) is 13.6. The number of carbonyl (C=O) groups excluding carboxylic acids is 2. The van der Waals surface area contributed by atoms with Crippen molar-refractivity contribution in [3.63, 3.8) is 0 Å². The van der Waals surface area contributed by atoms with Crippen molar-refractivity contribution in [3.8, 4) is 22.8 Å². The van der Waals surface area contributed by atoms with Gasteiger partial charge in [0.2, 0.25) is 0 Å². The van der Waals surface area contributed by atoms with Gasteiger partial charge in [0.25, 0.3) is 5.91 Å². The first kappa shape index (κ1) is 26.8. The molecule has 10 heteroatoms. The number of aromatic nitrogens is 3. The van der Waals surface area contributed by atoms with E-state index in [1.54, 1.807) is 13.3 Å². The zero-order valence-electron chi connectivity index (χ0n) is 23.0. The van der Waals surface area contributed by atoms with Crippen LogP contribution >= 0.6 is 0 Å². The van der Waals surface area contributed by atoms with E-state index in [2.05, 4.69) is 25.6 Å². The van der Waals surface area contributed by atoms with Gasteiger partial charge in [0, 0.05) is 23.8 Å². The molecule has 2 heterocycles. The summed E-state index contributed by atoms with van der Waals surface area (Å²) in [4.78, 5) is 37.6. The van der Waals surface area contributed by atoms with E-state index < -0.39 is 11.7 Å². The van der Waals surface area contributed by atoms with E-state index >= 15 is 0 Å². The van der Waals surface area contributed by atoms with E-state index in [4.69, 9.17) is 14.2 Å². The highest BCUT2D eigenvalue weighted by Gasteiger charge is 2.27. The molecule has 1 aromatic carbocycles. The molecule has 208 valence electrons. The Kier molecular flexibility index (Phi) is 7.63. The first-order valence-electron chi connectivity index (χ1n) is 13.6. The lowest BCUT2D eigenvalue weighted by molar-refractivity contribution is 0.0488. The predicted molar refractivity (Wildman–Crippen MR) is 147 cm³/mol. The number of H-pyrrole nitrogens is 1. The third kappa shape index (κ3) is 6.61. The van der Waals surface area contributed by atoms with Crippen LogP contribution in [0.25, 0.3) is 22.3 Å². The van der Waals surface area contributed by atoms with Gasteiger partial charge in [-0.2, -0.15) is 0 Å². The number of fused-ring (bicyclic) bond motifs is 1. The quantitative estimate of drug-likeness (QED) is 0.371. The molecule has 2 saturated carbocycles. The predicted octanol–water partition coefficient (Wildman–Crippen LogP) is 4.99. The standard InChI is InChI=1S/C29H37N5O5/c1-29(2,3)39-28(36)34-19-9-7-18(8-10-19)33-27(35)22-14-30-26-24(31-16-32-25(22)26)21-13-20(37-4)11-12-23(21)38-15-17-5-6-17/h11-14,16-19,30H,5-10,15H2,1-4H3,(H,33,35)(H,34,36)/t18-,19+. The number of alkyl carbamates (subject to hydrolysis) is 1. The van der Waals surface area contributed by atoms with Crippen molar-refractivity contribution in [2.45, 2.75) is 77.0 Å². The van der Waals surface area contributed by atoms with Gasteiger partial charge in [0.1, 0.15) is 34.6 Å². The normalized spacial score (nSPS) is 19.4. The number of aromatic amines is 1. The molecule has 2 amide bonds. The number of nitrogens with zero attached hydrogens (tertiary/aromatic N) is 2. The summed E-state index contributed by atoms with van der Waals surface area (Å²) in [5.41, 5.74) is 2.58. The van der Waals surface area contributed by atoms with Gasteiger partial charge < -0.3 is 29.8 Å². The molecule has 0 aliphatic heterocycles. The smallest absolute Gasteiger partial charge is 0.407 e. The molecule has 0 bridgehead atoms. The summed E-state index contributed by atoms with van der Waals surface area (Å²) in [6.07, 6.45) is 8.20. The zero-order valence-corrected chi connectivity index (χ0v) is 23.0. The Morgan fingerprint density at radius 3 is 2.41 bits per heavy atom. The molecule has 3 N–H and O–H groups in total. The van der Waals surface area contributed by atoms with Gasteiger partial charge in [0.05, 0.1) is 24.8 Å². The molecule has 0 unspecified atom stereocenters. The molecule has 0 radical (unpaired) electrons. The third-order valence-electron chi connectivity index (χ3n) is 7.10. The highest BCUT2D eigenvalue weighted by molar-refractivity contribution is 6.08. The zero-order chi connectivity index (χ0) is 27.6. The van der Waals surface area contributed by atoms with Gasteiger partial charge in [-0.25, -0.2) is 14.8 Å². The molecule has 0 atom stereocenters. The minimum absolute atomic E-state index is 0.0151. The van der Waals surface area contributed by atoms with Gasteiger partial charge in [-0.15, -0.1) is 0 Å². The maximum Gasteiger partial charge on any atom is 0.407 e. The first-order chi connectivity index (χ1) is 18.7. The van der Waals surface area contributed by atoms with Gasteiger partial charge in [-0.1, -0.05) is 0 Å². The fourth-order valence-corrected chi connectivity index (χ4v) is 4.88. The average molecular weight is 536 g/mol. The number of hydrogen-bond acceptors (Lipinski definition) is 7. The minimum Gasteiger partial charge on any atom is -0.497 e. The molecule has 5 rings (SSSR count). The Hall–Kier alpha value is -3.82. The lowest BCUT2D eigenvalue weighted by Crippen LogP contribution is -2.45.